The lowest BCUT2D eigenvalue weighted by Gasteiger charge is -2.20. The third-order valence-electron chi connectivity index (χ3n) is 3.33. The molecule has 0 aliphatic carbocycles. The Bertz CT molecular complexity index is 527. The average Bonchev–Trinajstić information content (AvgIpc) is 2.88. The Morgan fingerprint density at radius 2 is 1.85 bits per heavy atom. The van der Waals surface area contributed by atoms with Crippen molar-refractivity contribution < 1.29 is 0 Å². The van der Waals surface area contributed by atoms with Gasteiger partial charge in [-0.05, 0) is 45.0 Å². The molecule has 0 saturated heterocycles. The molecule has 20 heavy (non-hydrogen) atoms. The van der Waals surface area contributed by atoms with E-state index in [2.05, 4.69) is 53.4 Å². The van der Waals surface area contributed by atoms with Gasteiger partial charge in [-0.1, -0.05) is 0 Å². The molecule has 0 spiro atoms. The van der Waals surface area contributed by atoms with Crippen LogP contribution < -0.4 is 10.6 Å². The minimum Gasteiger partial charge on any atom is -0.372 e. The summed E-state index contributed by atoms with van der Waals surface area (Å²) in [4.78, 5) is 7.00. The van der Waals surface area contributed by atoms with Gasteiger partial charge in [-0.15, -0.1) is 11.3 Å². The molecule has 0 bridgehead atoms. The van der Waals surface area contributed by atoms with Gasteiger partial charge in [-0.25, -0.2) is 4.98 Å². The van der Waals surface area contributed by atoms with Gasteiger partial charge in [0, 0.05) is 42.2 Å². The van der Waals surface area contributed by atoms with Gasteiger partial charge in [0.15, 0.2) is 0 Å². The Hall–Kier alpha value is -1.39. The largest absolute Gasteiger partial charge is 0.372 e. The second kappa shape index (κ2) is 6.86. The number of anilines is 1. The molecule has 3 nitrogen and oxygen atoms in total. The molecule has 0 saturated carbocycles. The topological polar surface area (TPSA) is 42.2 Å². The molecule has 0 amide bonds. The van der Waals surface area contributed by atoms with Crippen LogP contribution in [0.4, 0.5) is 5.69 Å². The van der Waals surface area contributed by atoms with E-state index in [0.29, 0.717) is 0 Å². The molecule has 1 atom stereocenters. The molecule has 0 aliphatic rings. The Morgan fingerprint density at radius 3 is 2.40 bits per heavy atom. The Kier molecular flexibility index (Phi) is 5.15. The molecule has 2 aromatic rings. The maximum atomic E-state index is 5.82. The third kappa shape index (κ3) is 3.58. The second-order valence-electron chi connectivity index (χ2n) is 5.04. The highest BCUT2D eigenvalue weighted by molar-refractivity contribution is 7.13. The first-order valence-electron chi connectivity index (χ1n) is 7.19. The molecule has 1 aromatic carbocycles. The molecule has 1 aromatic heterocycles. The van der Waals surface area contributed by atoms with Gasteiger partial charge >= 0.3 is 0 Å². The fourth-order valence-electron chi connectivity index (χ4n) is 2.27. The van der Waals surface area contributed by atoms with Gasteiger partial charge in [0.05, 0.1) is 5.69 Å². The molecule has 0 aliphatic heterocycles. The van der Waals surface area contributed by atoms with Crippen LogP contribution in [-0.4, -0.2) is 24.1 Å². The van der Waals surface area contributed by atoms with Crippen molar-refractivity contribution in [1.82, 2.24) is 4.98 Å². The van der Waals surface area contributed by atoms with Crippen LogP contribution in [0.2, 0.25) is 0 Å². The number of hydrogen-bond acceptors (Lipinski definition) is 4. The fraction of sp³-hybridized carbons (Fsp3) is 0.438. The number of rotatable bonds is 6. The predicted molar refractivity (Wildman–Crippen MR) is 88.5 cm³/mol. The normalized spacial score (nSPS) is 12.4. The molecule has 108 valence electrons. The summed E-state index contributed by atoms with van der Waals surface area (Å²) in [5.74, 6) is 0. The molecular weight excluding hydrogens is 266 g/mol. The summed E-state index contributed by atoms with van der Waals surface area (Å²) in [7, 11) is 0. The van der Waals surface area contributed by atoms with Crippen molar-refractivity contribution in [2.24, 2.45) is 5.73 Å². The highest BCUT2D eigenvalue weighted by atomic mass is 32.1. The number of thiazole rings is 1. The molecule has 2 N–H and O–H groups in total. The zero-order valence-electron chi connectivity index (χ0n) is 12.5. The number of aromatic nitrogens is 1. The van der Waals surface area contributed by atoms with Crippen molar-refractivity contribution >= 4 is 17.0 Å². The summed E-state index contributed by atoms with van der Waals surface area (Å²) in [6, 6.07) is 8.82. The molecule has 4 heteroatoms. The third-order valence-corrected chi connectivity index (χ3v) is 4.27. The Labute approximate surface area is 125 Å². The Balaban J connectivity index is 2.15. The molecular formula is C16H23N3S. The van der Waals surface area contributed by atoms with Crippen LogP contribution in [0.1, 0.15) is 26.5 Å². The van der Waals surface area contributed by atoms with E-state index < -0.39 is 0 Å². The quantitative estimate of drug-likeness (QED) is 0.884. The van der Waals surface area contributed by atoms with E-state index in [9.17, 15) is 0 Å². The number of benzene rings is 1. The molecule has 1 heterocycles. The van der Waals surface area contributed by atoms with Gasteiger partial charge in [0.1, 0.15) is 5.01 Å². The Morgan fingerprint density at radius 1 is 1.20 bits per heavy atom. The summed E-state index contributed by atoms with van der Waals surface area (Å²) in [6.45, 7) is 8.44. The highest BCUT2D eigenvalue weighted by Gasteiger charge is 2.07. The smallest absolute Gasteiger partial charge is 0.123 e. The lowest BCUT2D eigenvalue weighted by Crippen LogP contribution is -2.21. The van der Waals surface area contributed by atoms with Crippen LogP contribution in [0.25, 0.3) is 10.6 Å². The van der Waals surface area contributed by atoms with Crippen molar-refractivity contribution in [2.45, 2.75) is 33.2 Å². The fourth-order valence-corrected chi connectivity index (χ4v) is 3.11. The minimum absolute atomic E-state index is 0.162. The first kappa shape index (κ1) is 15.0. The van der Waals surface area contributed by atoms with Gasteiger partial charge in [-0.2, -0.15) is 0 Å². The molecule has 1 unspecified atom stereocenters. The summed E-state index contributed by atoms with van der Waals surface area (Å²) >= 11 is 1.69. The van der Waals surface area contributed by atoms with Crippen molar-refractivity contribution in [2.75, 3.05) is 18.0 Å². The van der Waals surface area contributed by atoms with Crippen molar-refractivity contribution in [1.29, 1.82) is 0 Å². The lowest BCUT2D eigenvalue weighted by molar-refractivity contribution is 0.726. The molecule has 0 radical (unpaired) electrons. The maximum absolute atomic E-state index is 5.82. The zero-order valence-corrected chi connectivity index (χ0v) is 13.3. The summed E-state index contributed by atoms with van der Waals surface area (Å²) in [5.41, 5.74) is 9.36. The van der Waals surface area contributed by atoms with Gasteiger partial charge in [0.2, 0.25) is 0 Å². The molecule has 2 rings (SSSR count). The van der Waals surface area contributed by atoms with Crippen LogP contribution >= 0.6 is 11.3 Å². The average molecular weight is 289 g/mol. The first-order valence-corrected chi connectivity index (χ1v) is 8.07. The van der Waals surface area contributed by atoms with E-state index in [4.69, 9.17) is 5.73 Å². The van der Waals surface area contributed by atoms with E-state index in [-0.39, 0.29) is 6.04 Å². The number of hydrogen-bond donors (Lipinski definition) is 1. The first-order chi connectivity index (χ1) is 9.63. The van der Waals surface area contributed by atoms with E-state index in [1.54, 1.807) is 11.3 Å². The maximum Gasteiger partial charge on any atom is 0.123 e. The van der Waals surface area contributed by atoms with Crippen molar-refractivity contribution in [3.63, 3.8) is 0 Å². The van der Waals surface area contributed by atoms with Crippen LogP contribution in [0.5, 0.6) is 0 Å². The second-order valence-corrected chi connectivity index (χ2v) is 5.90. The molecule has 0 fully saturated rings. The van der Waals surface area contributed by atoms with E-state index in [0.717, 1.165) is 30.2 Å². The van der Waals surface area contributed by atoms with Crippen molar-refractivity contribution in [3.8, 4) is 10.6 Å². The van der Waals surface area contributed by atoms with Crippen LogP contribution in [0.3, 0.4) is 0 Å². The van der Waals surface area contributed by atoms with E-state index >= 15 is 0 Å². The SMILES string of the molecule is CCN(CC)c1ccc(-c2nc(CC(C)N)cs2)cc1. The number of nitrogens with zero attached hydrogens (tertiary/aromatic N) is 2. The van der Waals surface area contributed by atoms with Crippen LogP contribution in [-0.2, 0) is 6.42 Å². The highest BCUT2D eigenvalue weighted by Crippen LogP contribution is 2.26. The minimum atomic E-state index is 0.162. The van der Waals surface area contributed by atoms with Gasteiger partial charge in [-0.3, -0.25) is 0 Å². The summed E-state index contributed by atoms with van der Waals surface area (Å²) < 4.78 is 0. The van der Waals surface area contributed by atoms with E-state index in [1.165, 1.54) is 11.3 Å². The zero-order chi connectivity index (χ0) is 14.5. The predicted octanol–water partition coefficient (Wildman–Crippen LogP) is 3.55. The lowest BCUT2D eigenvalue weighted by atomic mass is 10.2. The monoisotopic (exact) mass is 289 g/mol. The van der Waals surface area contributed by atoms with Gasteiger partial charge < -0.3 is 10.6 Å². The standard InChI is InChI=1S/C16H23N3S/c1-4-19(5-2)15-8-6-13(7-9-15)16-18-14(11-20-16)10-12(3)17/h6-9,11-12H,4-5,10,17H2,1-3H3. The summed E-state index contributed by atoms with van der Waals surface area (Å²) in [5, 5.41) is 3.18. The number of nitrogens with two attached hydrogens (primary N) is 1. The van der Waals surface area contributed by atoms with Crippen LogP contribution in [0, 0.1) is 0 Å². The van der Waals surface area contributed by atoms with Gasteiger partial charge in [0.25, 0.3) is 0 Å². The van der Waals surface area contributed by atoms with E-state index in [1.807, 2.05) is 6.92 Å². The van der Waals surface area contributed by atoms with Crippen molar-refractivity contribution in [3.05, 3.63) is 35.3 Å². The summed E-state index contributed by atoms with van der Waals surface area (Å²) in [6.07, 6.45) is 0.841. The van der Waals surface area contributed by atoms with Crippen LogP contribution in [0.15, 0.2) is 29.6 Å².